The first-order valence-electron chi connectivity index (χ1n) is 14.3. The maximum Gasteiger partial charge on any atom is 0.408 e. The second kappa shape index (κ2) is 18.0. The Morgan fingerprint density at radius 3 is 1.37 bits per heavy atom. The van der Waals surface area contributed by atoms with Crippen molar-refractivity contribution in [2.75, 3.05) is 13.1 Å². The first kappa shape index (κ1) is 35.4. The van der Waals surface area contributed by atoms with Crippen LogP contribution in [0.1, 0.15) is 51.7 Å². The van der Waals surface area contributed by atoms with Gasteiger partial charge in [-0.15, -0.1) is 12.6 Å². The molecule has 2 rings (SSSR count). The van der Waals surface area contributed by atoms with Crippen molar-refractivity contribution in [2.24, 2.45) is 11.8 Å². The van der Waals surface area contributed by atoms with E-state index in [0.29, 0.717) is 12.8 Å². The lowest BCUT2D eigenvalue weighted by atomic mass is 10.0. The number of aliphatic hydroxyl groups is 1. The Morgan fingerprint density at radius 2 is 1.05 bits per heavy atom. The van der Waals surface area contributed by atoms with Gasteiger partial charge in [0.05, 0.1) is 13.1 Å². The fraction of sp³-hybridized carbons (Fsp3) is 0.484. The highest BCUT2D eigenvalue weighted by Crippen LogP contribution is 2.11. The van der Waals surface area contributed by atoms with Crippen LogP contribution in [0.4, 0.5) is 9.59 Å². The molecule has 5 N–H and O–H groups in total. The molecule has 2 aromatic carbocycles. The number of nitrogens with one attached hydrogen (secondary N) is 4. The van der Waals surface area contributed by atoms with Crippen LogP contribution in [0, 0.1) is 11.8 Å². The summed E-state index contributed by atoms with van der Waals surface area (Å²) < 4.78 is 10.5. The molecule has 0 radical (unpaired) electrons. The number of carbonyl (C=O) groups is 4. The van der Waals surface area contributed by atoms with E-state index in [9.17, 15) is 24.3 Å². The third-order valence-corrected chi connectivity index (χ3v) is 6.46. The molecular weight excluding hydrogens is 572 g/mol. The predicted molar refractivity (Wildman–Crippen MR) is 166 cm³/mol. The van der Waals surface area contributed by atoms with Gasteiger partial charge in [-0.25, -0.2) is 9.59 Å². The minimum Gasteiger partial charge on any atom is -0.445 e. The molecule has 0 aromatic heterocycles. The number of alkyl carbamates (subject to hydrolysis) is 2. The van der Waals surface area contributed by atoms with Crippen molar-refractivity contribution in [3.05, 3.63) is 71.8 Å². The van der Waals surface area contributed by atoms with E-state index < -0.39 is 41.0 Å². The number of benzene rings is 2. The number of amides is 4. The quantitative estimate of drug-likeness (QED) is 0.125. The molecule has 43 heavy (non-hydrogen) atoms. The predicted octanol–water partition coefficient (Wildman–Crippen LogP) is 3.52. The first-order valence-corrected chi connectivity index (χ1v) is 14.7. The summed E-state index contributed by atoms with van der Waals surface area (Å²) in [6.07, 6.45) is -0.832. The maximum atomic E-state index is 12.9. The zero-order valence-electron chi connectivity index (χ0n) is 25.2. The summed E-state index contributed by atoms with van der Waals surface area (Å²) in [5.41, 5.74) is 1.61. The van der Waals surface area contributed by atoms with E-state index in [0.717, 1.165) is 11.1 Å². The second-order valence-electron chi connectivity index (χ2n) is 11.2. The monoisotopic (exact) mass is 616 g/mol. The Bertz CT molecular complexity index is 1070. The van der Waals surface area contributed by atoms with Gasteiger partial charge in [0.2, 0.25) is 11.8 Å². The van der Waals surface area contributed by atoms with Gasteiger partial charge in [0, 0.05) is 0 Å². The van der Waals surface area contributed by atoms with Crippen molar-refractivity contribution in [3.63, 3.8) is 0 Å². The molecule has 2 aromatic rings. The molecule has 2 atom stereocenters. The summed E-state index contributed by atoms with van der Waals surface area (Å²) in [7, 11) is 0. The maximum absolute atomic E-state index is 12.9. The summed E-state index contributed by atoms with van der Waals surface area (Å²) in [4.78, 5) is 48.7. The van der Waals surface area contributed by atoms with Gasteiger partial charge in [-0.05, 0) is 35.8 Å². The highest BCUT2D eigenvalue weighted by molar-refractivity contribution is 7.81. The van der Waals surface area contributed by atoms with Crippen molar-refractivity contribution in [1.82, 2.24) is 21.3 Å². The number of carbonyl (C=O) groups excluding carboxylic acids is 4. The average molecular weight is 617 g/mol. The van der Waals surface area contributed by atoms with Crippen LogP contribution >= 0.6 is 12.6 Å². The number of rotatable bonds is 16. The molecule has 0 saturated carbocycles. The number of thiol groups is 1. The molecule has 236 valence electrons. The van der Waals surface area contributed by atoms with Gasteiger partial charge in [0.1, 0.15) is 30.2 Å². The minimum atomic E-state index is -1.82. The van der Waals surface area contributed by atoms with E-state index in [1.807, 2.05) is 88.4 Å². The van der Waals surface area contributed by atoms with E-state index in [-0.39, 0.29) is 38.1 Å². The standard InChI is InChI=1S/C31H44N4O7S/c1-21(2)15-25(34-29(38)41-17-23-11-7-5-8-12-23)27(36)32-19-31(40,43)20-33-28(37)26(16-22(3)4)35-30(39)42-18-24-13-9-6-10-14-24/h5-14,21-22,25-26,40,43H,15-20H2,1-4H3,(H,32,36)(H,33,37)(H,34,38)(H,35,39)/t25-,26-/m0/s1. The van der Waals surface area contributed by atoms with Crippen LogP contribution < -0.4 is 21.3 Å². The van der Waals surface area contributed by atoms with Crippen molar-refractivity contribution in [2.45, 2.75) is 70.8 Å². The summed E-state index contributed by atoms with van der Waals surface area (Å²) in [6, 6.07) is 16.5. The van der Waals surface area contributed by atoms with Crippen molar-refractivity contribution >= 4 is 36.6 Å². The van der Waals surface area contributed by atoms with Crippen LogP contribution in [0.15, 0.2) is 60.7 Å². The number of hydrogen-bond acceptors (Lipinski definition) is 8. The Balaban J connectivity index is 1.86. The van der Waals surface area contributed by atoms with Crippen LogP contribution in [0.2, 0.25) is 0 Å². The van der Waals surface area contributed by atoms with Crippen LogP contribution in [-0.4, -0.2) is 59.2 Å². The lowest BCUT2D eigenvalue weighted by Gasteiger charge is -2.27. The third-order valence-electron chi connectivity index (χ3n) is 6.15. The van der Waals surface area contributed by atoms with E-state index in [4.69, 9.17) is 9.47 Å². The van der Waals surface area contributed by atoms with Gasteiger partial charge in [0.25, 0.3) is 0 Å². The Kier molecular flexibility index (Phi) is 14.8. The lowest BCUT2D eigenvalue weighted by Crippen LogP contribution is -2.54. The van der Waals surface area contributed by atoms with Gasteiger partial charge in [-0.1, -0.05) is 88.4 Å². The molecule has 12 heteroatoms. The molecule has 0 saturated heterocycles. The highest BCUT2D eigenvalue weighted by Gasteiger charge is 2.29. The molecule has 0 aliphatic carbocycles. The van der Waals surface area contributed by atoms with Crippen LogP contribution in [0.3, 0.4) is 0 Å². The van der Waals surface area contributed by atoms with Crippen molar-refractivity contribution in [3.8, 4) is 0 Å². The number of hydrogen-bond donors (Lipinski definition) is 6. The summed E-state index contributed by atoms with van der Waals surface area (Å²) in [5, 5.41) is 21.0. The fourth-order valence-corrected chi connectivity index (χ4v) is 4.14. The smallest absolute Gasteiger partial charge is 0.408 e. The van der Waals surface area contributed by atoms with Gasteiger partial charge < -0.3 is 35.8 Å². The lowest BCUT2D eigenvalue weighted by molar-refractivity contribution is -0.124. The Labute approximate surface area is 258 Å². The first-order chi connectivity index (χ1) is 20.3. The van der Waals surface area contributed by atoms with Gasteiger partial charge in [-0.2, -0.15) is 0 Å². The molecular formula is C31H44N4O7S. The van der Waals surface area contributed by atoms with Crippen molar-refractivity contribution < 1.29 is 33.8 Å². The van der Waals surface area contributed by atoms with E-state index in [2.05, 4.69) is 33.9 Å². The minimum absolute atomic E-state index is 0.0518. The summed E-state index contributed by atoms with van der Waals surface area (Å²) in [5.74, 6) is -0.928. The molecule has 0 spiro atoms. The molecule has 0 aliphatic heterocycles. The molecule has 4 amide bonds. The van der Waals surface area contributed by atoms with E-state index >= 15 is 0 Å². The molecule has 0 fully saturated rings. The normalized spacial score (nSPS) is 12.7. The van der Waals surface area contributed by atoms with E-state index in [1.54, 1.807) is 0 Å². The summed E-state index contributed by atoms with van der Waals surface area (Å²) >= 11 is 4.20. The molecule has 0 unspecified atom stereocenters. The van der Waals surface area contributed by atoms with Gasteiger partial charge in [0.15, 0.2) is 0 Å². The number of ether oxygens (including phenoxy) is 2. The average Bonchev–Trinajstić information content (AvgIpc) is 2.96. The van der Waals surface area contributed by atoms with Crippen LogP contribution in [0.5, 0.6) is 0 Å². The zero-order chi connectivity index (χ0) is 31.8. The Morgan fingerprint density at radius 1 is 0.698 bits per heavy atom. The van der Waals surface area contributed by atoms with Gasteiger partial charge in [-0.3, -0.25) is 9.59 Å². The third kappa shape index (κ3) is 14.8. The topological polar surface area (TPSA) is 155 Å². The van der Waals surface area contributed by atoms with Crippen LogP contribution in [-0.2, 0) is 32.3 Å². The largest absolute Gasteiger partial charge is 0.445 e. The molecule has 0 heterocycles. The SMILES string of the molecule is CC(C)C[C@H](NC(=O)OCc1ccccc1)C(=O)NCC(O)(S)CNC(=O)[C@H](CC(C)C)NC(=O)OCc1ccccc1. The van der Waals surface area contributed by atoms with Crippen molar-refractivity contribution in [1.29, 1.82) is 0 Å². The van der Waals surface area contributed by atoms with E-state index in [1.165, 1.54) is 0 Å². The highest BCUT2D eigenvalue weighted by atomic mass is 32.1. The molecule has 0 aliphatic rings. The second-order valence-corrected chi connectivity index (χ2v) is 12.0. The van der Waals surface area contributed by atoms with Gasteiger partial charge >= 0.3 is 12.2 Å². The molecule has 0 bridgehead atoms. The molecule has 11 nitrogen and oxygen atoms in total. The zero-order valence-corrected chi connectivity index (χ0v) is 26.1. The fourth-order valence-electron chi connectivity index (χ4n) is 3.99. The van der Waals surface area contributed by atoms with Crippen LogP contribution in [0.25, 0.3) is 0 Å². The Hall–Kier alpha value is -3.77. The summed E-state index contributed by atoms with van der Waals surface area (Å²) in [6.45, 7) is 7.06.